The second kappa shape index (κ2) is 6.99. The SMILES string of the molecule is C=CNc1ncnc(N[C@@H](C)c2cc3cccc(O)c3c(=O)n2C2CC2)c1C. The molecule has 1 aromatic carbocycles. The first-order chi connectivity index (χ1) is 13.5. The van der Waals surface area contributed by atoms with E-state index in [0.29, 0.717) is 17.0 Å². The summed E-state index contributed by atoms with van der Waals surface area (Å²) in [5.41, 5.74) is 1.60. The lowest BCUT2D eigenvalue weighted by Crippen LogP contribution is -2.26. The molecule has 1 atom stereocenters. The van der Waals surface area contributed by atoms with E-state index in [-0.39, 0.29) is 23.4 Å². The minimum absolute atomic E-state index is 0.0239. The Balaban J connectivity index is 1.79. The molecule has 1 aliphatic rings. The molecule has 1 aliphatic carbocycles. The zero-order chi connectivity index (χ0) is 19.8. The average molecular weight is 377 g/mol. The molecule has 0 aliphatic heterocycles. The number of nitrogens with zero attached hydrogens (tertiary/aromatic N) is 3. The number of hydrogen-bond acceptors (Lipinski definition) is 6. The molecule has 2 aromatic heterocycles. The predicted molar refractivity (Wildman–Crippen MR) is 111 cm³/mol. The highest BCUT2D eigenvalue weighted by Gasteiger charge is 2.29. The maximum atomic E-state index is 13.1. The smallest absolute Gasteiger partial charge is 0.262 e. The normalized spacial score (nSPS) is 14.6. The van der Waals surface area contributed by atoms with Crippen LogP contribution in [0.5, 0.6) is 5.75 Å². The third-order valence-electron chi connectivity index (χ3n) is 5.12. The van der Waals surface area contributed by atoms with Crippen LogP contribution in [0.2, 0.25) is 0 Å². The molecule has 7 nitrogen and oxygen atoms in total. The third kappa shape index (κ3) is 3.09. The summed E-state index contributed by atoms with van der Waals surface area (Å²) >= 11 is 0. The van der Waals surface area contributed by atoms with Gasteiger partial charge in [-0.1, -0.05) is 18.7 Å². The molecule has 4 rings (SSSR count). The summed E-state index contributed by atoms with van der Waals surface area (Å²) < 4.78 is 1.82. The highest BCUT2D eigenvalue weighted by Crippen LogP contribution is 2.38. The van der Waals surface area contributed by atoms with Crippen LogP contribution in [0.4, 0.5) is 11.6 Å². The number of aromatic nitrogens is 3. The lowest BCUT2D eigenvalue weighted by molar-refractivity contribution is 0.480. The van der Waals surface area contributed by atoms with E-state index in [1.807, 2.05) is 30.5 Å². The third-order valence-corrected chi connectivity index (χ3v) is 5.12. The molecule has 0 amide bonds. The van der Waals surface area contributed by atoms with E-state index in [4.69, 9.17) is 0 Å². The number of rotatable bonds is 6. The molecule has 0 bridgehead atoms. The van der Waals surface area contributed by atoms with Crippen molar-refractivity contribution in [3.05, 3.63) is 65.0 Å². The maximum absolute atomic E-state index is 13.1. The Morgan fingerprint density at radius 1 is 1.32 bits per heavy atom. The minimum atomic E-state index is -0.162. The van der Waals surface area contributed by atoms with Gasteiger partial charge in [0.2, 0.25) is 0 Å². The Hall–Kier alpha value is -3.35. The van der Waals surface area contributed by atoms with Crippen LogP contribution in [0.25, 0.3) is 10.8 Å². The Bertz CT molecular complexity index is 1120. The van der Waals surface area contributed by atoms with Crippen molar-refractivity contribution in [3.63, 3.8) is 0 Å². The molecular weight excluding hydrogens is 354 g/mol. The molecule has 1 saturated carbocycles. The van der Waals surface area contributed by atoms with E-state index >= 15 is 0 Å². The fourth-order valence-electron chi connectivity index (χ4n) is 3.54. The Morgan fingerprint density at radius 2 is 2.07 bits per heavy atom. The van der Waals surface area contributed by atoms with Crippen LogP contribution in [-0.2, 0) is 0 Å². The Labute approximate surface area is 162 Å². The van der Waals surface area contributed by atoms with Crippen LogP contribution in [0.3, 0.4) is 0 Å². The highest BCUT2D eigenvalue weighted by atomic mass is 16.3. The van der Waals surface area contributed by atoms with Crippen LogP contribution >= 0.6 is 0 Å². The number of phenols is 1. The van der Waals surface area contributed by atoms with Gasteiger partial charge in [0.1, 0.15) is 23.7 Å². The number of anilines is 2. The summed E-state index contributed by atoms with van der Waals surface area (Å²) in [7, 11) is 0. The van der Waals surface area contributed by atoms with Crippen LogP contribution < -0.4 is 16.2 Å². The molecule has 0 radical (unpaired) electrons. The first-order valence-corrected chi connectivity index (χ1v) is 9.34. The van der Waals surface area contributed by atoms with Gasteiger partial charge in [-0.15, -0.1) is 0 Å². The fourth-order valence-corrected chi connectivity index (χ4v) is 3.54. The second-order valence-corrected chi connectivity index (χ2v) is 7.13. The van der Waals surface area contributed by atoms with Crippen molar-refractivity contribution in [2.45, 2.75) is 38.8 Å². The molecule has 144 valence electrons. The van der Waals surface area contributed by atoms with E-state index < -0.39 is 0 Å². The van der Waals surface area contributed by atoms with Gasteiger partial charge in [-0.2, -0.15) is 0 Å². The van der Waals surface area contributed by atoms with Gasteiger partial charge in [-0.25, -0.2) is 9.97 Å². The highest BCUT2D eigenvalue weighted by molar-refractivity contribution is 5.87. The molecule has 0 saturated heterocycles. The molecule has 3 aromatic rings. The molecular formula is C21H23N5O2. The maximum Gasteiger partial charge on any atom is 0.262 e. The average Bonchev–Trinajstić information content (AvgIpc) is 3.49. The van der Waals surface area contributed by atoms with Crippen molar-refractivity contribution in [3.8, 4) is 5.75 Å². The zero-order valence-corrected chi connectivity index (χ0v) is 15.9. The van der Waals surface area contributed by atoms with Crippen LogP contribution in [0.15, 0.2) is 48.2 Å². The molecule has 28 heavy (non-hydrogen) atoms. The van der Waals surface area contributed by atoms with Gasteiger partial charge in [0.05, 0.1) is 11.4 Å². The van der Waals surface area contributed by atoms with Gasteiger partial charge in [-0.05, 0) is 50.4 Å². The topological polar surface area (TPSA) is 92.1 Å². The lowest BCUT2D eigenvalue weighted by Gasteiger charge is -2.22. The minimum Gasteiger partial charge on any atom is -0.507 e. The van der Waals surface area contributed by atoms with Gasteiger partial charge in [0.15, 0.2) is 0 Å². The number of nitrogens with one attached hydrogen (secondary N) is 2. The van der Waals surface area contributed by atoms with Gasteiger partial charge in [0.25, 0.3) is 5.56 Å². The summed E-state index contributed by atoms with van der Waals surface area (Å²) in [6.07, 6.45) is 5.00. The first kappa shape index (κ1) is 18.0. The molecule has 1 fully saturated rings. The van der Waals surface area contributed by atoms with Gasteiger partial charge in [0, 0.05) is 17.3 Å². The molecule has 0 spiro atoms. The molecule has 3 N–H and O–H groups in total. The van der Waals surface area contributed by atoms with Crippen LogP contribution in [0.1, 0.15) is 43.1 Å². The summed E-state index contributed by atoms with van der Waals surface area (Å²) in [5, 5.41) is 17.7. The number of pyridine rings is 1. The van der Waals surface area contributed by atoms with E-state index in [2.05, 4.69) is 27.2 Å². The molecule has 0 unspecified atom stereocenters. The van der Waals surface area contributed by atoms with E-state index in [0.717, 1.165) is 29.5 Å². The fraction of sp³-hybridized carbons (Fsp3) is 0.286. The number of fused-ring (bicyclic) bond motifs is 1. The van der Waals surface area contributed by atoms with Crippen LogP contribution in [-0.4, -0.2) is 19.6 Å². The molecule has 2 heterocycles. The predicted octanol–water partition coefficient (Wildman–Crippen LogP) is 3.87. The van der Waals surface area contributed by atoms with Gasteiger partial charge < -0.3 is 20.3 Å². The van der Waals surface area contributed by atoms with Crippen molar-refractivity contribution in [1.29, 1.82) is 0 Å². The van der Waals surface area contributed by atoms with Crippen molar-refractivity contribution >= 4 is 22.4 Å². The summed E-state index contributed by atoms with van der Waals surface area (Å²) in [6, 6.07) is 7.16. The standard InChI is InChI=1S/C21H23N5O2/c1-4-22-19-12(2)20(24-11-23-19)25-13(3)16-10-14-6-5-7-17(27)18(14)21(28)26(16)15-8-9-15/h4-7,10-11,13,15,27H,1,8-9H2,2-3H3,(H2,22,23,24,25)/t13-/m0/s1. The van der Waals surface area contributed by atoms with E-state index in [1.165, 1.54) is 6.33 Å². The number of phenolic OH excluding ortho intramolecular Hbond substituents is 1. The number of aromatic hydroxyl groups is 1. The number of hydrogen-bond donors (Lipinski definition) is 3. The largest absolute Gasteiger partial charge is 0.507 e. The Morgan fingerprint density at radius 3 is 2.79 bits per heavy atom. The van der Waals surface area contributed by atoms with Crippen molar-refractivity contribution < 1.29 is 5.11 Å². The monoisotopic (exact) mass is 377 g/mol. The summed E-state index contributed by atoms with van der Waals surface area (Å²) in [6.45, 7) is 7.60. The summed E-state index contributed by atoms with van der Waals surface area (Å²) in [5.74, 6) is 1.40. The van der Waals surface area contributed by atoms with E-state index in [9.17, 15) is 9.90 Å². The Kier molecular flexibility index (Phi) is 4.50. The van der Waals surface area contributed by atoms with E-state index in [1.54, 1.807) is 18.3 Å². The quantitative estimate of drug-likeness (QED) is 0.604. The second-order valence-electron chi connectivity index (χ2n) is 7.13. The van der Waals surface area contributed by atoms with Gasteiger partial charge >= 0.3 is 0 Å². The zero-order valence-electron chi connectivity index (χ0n) is 15.9. The lowest BCUT2D eigenvalue weighted by atomic mass is 10.1. The van der Waals surface area contributed by atoms with Crippen molar-refractivity contribution in [2.24, 2.45) is 0 Å². The van der Waals surface area contributed by atoms with Crippen molar-refractivity contribution in [1.82, 2.24) is 14.5 Å². The molecule has 7 heteroatoms. The summed E-state index contributed by atoms with van der Waals surface area (Å²) in [4.78, 5) is 21.7. The van der Waals surface area contributed by atoms with Crippen LogP contribution in [0, 0.1) is 6.92 Å². The van der Waals surface area contributed by atoms with Gasteiger partial charge in [-0.3, -0.25) is 4.79 Å². The van der Waals surface area contributed by atoms with Crippen molar-refractivity contribution in [2.75, 3.05) is 10.6 Å². The first-order valence-electron chi connectivity index (χ1n) is 9.34. The number of benzene rings is 1.